The zero-order valence-electron chi connectivity index (χ0n) is 15.2. The van der Waals surface area contributed by atoms with Crippen LogP contribution in [0.5, 0.6) is 5.75 Å². The van der Waals surface area contributed by atoms with E-state index in [1.165, 1.54) is 0 Å². The van der Waals surface area contributed by atoms with E-state index in [1.54, 1.807) is 0 Å². The molecule has 1 saturated heterocycles. The third kappa shape index (κ3) is 3.65. The molecule has 3 rings (SSSR count). The smallest absolute Gasteiger partial charge is 0.250 e. The Bertz CT molecular complexity index is 685. The molecule has 0 radical (unpaired) electrons. The molecule has 5 nitrogen and oxygen atoms in total. The molecule has 1 aliphatic heterocycles. The van der Waals surface area contributed by atoms with Gasteiger partial charge in [-0.1, -0.05) is 20.8 Å². The summed E-state index contributed by atoms with van der Waals surface area (Å²) in [6, 6.07) is 8.54. The largest absolute Gasteiger partial charge is 0.544 e. The Morgan fingerprint density at radius 2 is 1.83 bits per heavy atom. The number of nitrogens with one attached hydrogen (secondary N) is 1. The van der Waals surface area contributed by atoms with Crippen LogP contribution in [0.15, 0.2) is 36.7 Å². The highest BCUT2D eigenvalue weighted by molar-refractivity contribution is 6.74. The van der Waals surface area contributed by atoms with Gasteiger partial charge in [-0.2, -0.15) is 5.10 Å². The number of hydrogen-bond acceptors (Lipinski definition) is 4. The molecule has 1 aliphatic rings. The van der Waals surface area contributed by atoms with E-state index in [0.717, 1.165) is 30.3 Å². The summed E-state index contributed by atoms with van der Waals surface area (Å²) in [4.78, 5) is 0. The first kappa shape index (κ1) is 17.0. The van der Waals surface area contributed by atoms with Gasteiger partial charge in [0.05, 0.1) is 31.1 Å². The van der Waals surface area contributed by atoms with Crippen LogP contribution in [0, 0.1) is 0 Å². The van der Waals surface area contributed by atoms with Gasteiger partial charge < -0.3 is 14.5 Å². The van der Waals surface area contributed by atoms with Crippen molar-refractivity contribution in [1.29, 1.82) is 0 Å². The summed E-state index contributed by atoms with van der Waals surface area (Å²) in [5, 5.41) is 7.96. The van der Waals surface area contributed by atoms with Crippen molar-refractivity contribution in [3.8, 4) is 5.75 Å². The third-order valence-corrected chi connectivity index (χ3v) is 9.28. The van der Waals surface area contributed by atoms with Gasteiger partial charge >= 0.3 is 0 Å². The highest BCUT2D eigenvalue weighted by atomic mass is 28.4. The van der Waals surface area contributed by atoms with Crippen LogP contribution in [-0.4, -0.2) is 31.3 Å². The summed E-state index contributed by atoms with van der Waals surface area (Å²) in [6.45, 7) is 12.8. The summed E-state index contributed by atoms with van der Waals surface area (Å²) in [5.41, 5.74) is 2.02. The van der Waals surface area contributed by atoms with Gasteiger partial charge in [0.1, 0.15) is 5.75 Å². The highest BCUT2D eigenvalue weighted by Gasteiger charge is 2.38. The summed E-state index contributed by atoms with van der Waals surface area (Å²) >= 11 is 0. The summed E-state index contributed by atoms with van der Waals surface area (Å²) in [6.07, 6.45) is 3.87. The molecule has 6 heteroatoms. The fraction of sp³-hybridized carbons (Fsp3) is 0.500. The van der Waals surface area contributed by atoms with Gasteiger partial charge in [0, 0.05) is 11.9 Å². The Morgan fingerprint density at radius 3 is 2.38 bits per heavy atom. The van der Waals surface area contributed by atoms with Crippen molar-refractivity contribution < 1.29 is 9.16 Å². The average molecular weight is 346 g/mol. The topological polar surface area (TPSA) is 48.3 Å². The van der Waals surface area contributed by atoms with Crippen LogP contribution in [0.25, 0.3) is 0 Å². The van der Waals surface area contributed by atoms with E-state index in [9.17, 15) is 0 Å². The van der Waals surface area contributed by atoms with Gasteiger partial charge in [0.2, 0.25) is 8.32 Å². The third-order valence-electron chi connectivity index (χ3n) is 4.92. The molecule has 2 heterocycles. The minimum atomic E-state index is -1.79. The SMILES string of the molecule is CC(C)(C)[Si](C)(C)Oc1ccc(Nc2cnn(C3COC3)c2)cc1. The number of nitrogens with zero attached hydrogens (tertiary/aromatic N) is 2. The molecular weight excluding hydrogens is 318 g/mol. The molecule has 0 bridgehead atoms. The van der Waals surface area contributed by atoms with Gasteiger partial charge in [-0.05, 0) is 42.4 Å². The number of rotatable bonds is 5. The van der Waals surface area contributed by atoms with E-state index < -0.39 is 8.32 Å². The normalized spacial score (nSPS) is 15.9. The Kier molecular flexibility index (Phi) is 4.44. The molecule has 1 N–H and O–H groups in total. The Labute approximate surface area is 145 Å². The minimum absolute atomic E-state index is 0.198. The lowest BCUT2D eigenvalue weighted by Crippen LogP contribution is -2.43. The van der Waals surface area contributed by atoms with Crippen LogP contribution in [0.2, 0.25) is 18.1 Å². The van der Waals surface area contributed by atoms with Crippen LogP contribution in [0.1, 0.15) is 26.8 Å². The van der Waals surface area contributed by atoms with Gasteiger partial charge in [0.25, 0.3) is 0 Å². The monoisotopic (exact) mass is 345 g/mol. The maximum absolute atomic E-state index is 6.31. The van der Waals surface area contributed by atoms with Gasteiger partial charge in [-0.15, -0.1) is 0 Å². The molecular formula is C18H27N3O2Si. The zero-order valence-corrected chi connectivity index (χ0v) is 16.2. The van der Waals surface area contributed by atoms with Crippen molar-refractivity contribution in [2.24, 2.45) is 0 Å². The van der Waals surface area contributed by atoms with Crippen molar-refractivity contribution in [2.45, 2.75) is 44.9 Å². The van der Waals surface area contributed by atoms with Gasteiger partial charge in [-0.25, -0.2) is 0 Å². The molecule has 0 saturated carbocycles. The number of aromatic nitrogens is 2. The van der Waals surface area contributed by atoms with E-state index >= 15 is 0 Å². The van der Waals surface area contributed by atoms with Gasteiger partial charge in [-0.3, -0.25) is 4.68 Å². The second kappa shape index (κ2) is 6.26. The minimum Gasteiger partial charge on any atom is -0.544 e. The Hall–Kier alpha value is -1.79. The number of anilines is 2. The number of hydrogen-bond donors (Lipinski definition) is 1. The molecule has 1 fully saturated rings. The number of benzene rings is 1. The maximum atomic E-state index is 6.31. The van der Waals surface area contributed by atoms with Crippen molar-refractivity contribution in [3.05, 3.63) is 36.7 Å². The lowest BCUT2D eigenvalue weighted by molar-refractivity contribution is -0.0286. The Balaban J connectivity index is 1.63. The second-order valence-corrected chi connectivity index (χ2v) is 12.6. The lowest BCUT2D eigenvalue weighted by atomic mass is 10.2. The standard InChI is InChI=1S/C18H27N3O2Si/c1-18(2,3)24(4,5)23-17-8-6-14(7-9-17)20-15-10-19-21(11-15)16-12-22-13-16/h6-11,16,20H,12-13H2,1-5H3. The lowest BCUT2D eigenvalue weighted by Gasteiger charge is -2.36. The average Bonchev–Trinajstić information content (AvgIpc) is 2.85. The molecule has 0 atom stereocenters. The van der Waals surface area contributed by atoms with Crippen LogP contribution >= 0.6 is 0 Å². The van der Waals surface area contributed by atoms with E-state index in [1.807, 2.05) is 41.3 Å². The maximum Gasteiger partial charge on any atom is 0.250 e. The Morgan fingerprint density at radius 1 is 1.17 bits per heavy atom. The van der Waals surface area contributed by atoms with E-state index in [2.05, 4.69) is 44.3 Å². The van der Waals surface area contributed by atoms with Crippen LogP contribution in [0.4, 0.5) is 11.4 Å². The summed E-state index contributed by atoms with van der Waals surface area (Å²) in [5.74, 6) is 0.939. The molecule has 24 heavy (non-hydrogen) atoms. The van der Waals surface area contributed by atoms with Gasteiger partial charge in [0.15, 0.2) is 0 Å². The number of ether oxygens (including phenoxy) is 1. The predicted octanol–water partition coefficient (Wildman–Crippen LogP) is 4.58. The van der Waals surface area contributed by atoms with Crippen LogP contribution in [0.3, 0.4) is 0 Å². The predicted molar refractivity (Wildman–Crippen MR) is 99.6 cm³/mol. The first-order chi connectivity index (χ1) is 11.2. The van der Waals surface area contributed by atoms with Crippen molar-refractivity contribution >= 4 is 19.7 Å². The molecule has 1 aromatic heterocycles. The molecule has 0 unspecified atom stereocenters. The molecule has 130 valence electrons. The van der Waals surface area contributed by atoms with Crippen molar-refractivity contribution in [1.82, 2.24) is 9.78 Å². The first-order valence-electron chi connectivity index (χ1n) is 8.43. The van der Waals surface area contributed by atoms with Crippen LogP contribution < -0.4 is 9.74 Å². The quantitative estimate of drug-likeness (QED) is 0.806. The van der Waals surface area contributed by atoms with E-state index in [0.29, 0.717) is 6.04 Å². The van der Waals surface area contributed by atoms with E-state index in [4.69, 9.17) is 9.16 Å². The molecule has 1 aromatic carbocycles. The van der Waals surface area contributed by atoms with Crippen molar-refractivity contribution in [3.63, 3.8) is 0 Å². The summed E-state index contributed by atoms with van der Waals surface area (Å²) in [7, 11) is -1.79. The first-order valence-corrected chi connectivity index (χ1v) is 11.3. The highest BCUT2D eigenvalue weighted by Crippen LogP contribution is 2.37. The molecule has 0 amide bonds. The second-order valence-electron chi connectivity index (χ2n) is 7.91. The molecule has 0 aliphatic carbocycles. The summed E-state index contributed by atoms with van der Waals surface area (Å²) < 4.78 is 13.5. The van der Waals surface area contributed by atoms with Crippen molar-refractivity contribution in [2.75, 3.05) is 18.5 Å². The zero-order chi connectivity index (χ0) is 17.4. The fourth-order valence-electron chi connectivity index (χ4n) is 2.20. The fourth-order valence-corrected chi connectivity index (χ4v) is 3.23. The van der Waals surface area contributed by atoms with Crippen LogP contribution in [-0.2, 0) is 4.74 Å². The van der Waals surface area contributed by atoms with E-state index in [-0.39, 0.29) is 5.04 Å². The molecule has 0 spiro atoms. The molecule has 2 aromatic rings.